The molecule has 0 aliphatic rings. The van der Waals surface area contributed by atoms with Crippen LogP contribution in [0.1, 0.15) is 109 Å². The molecular formula is C27H45N2+. The van der Waals surface area contributed by atoms with E-state index in [0.717, 1.165) is 5.92 Å². The van der Waals surface area contributed by atoms with Gasteiger partial charge in [-0.25, -0.2) is 4.57 Å². The molecule has 0 aliphatic heterocycles. The molecule has 1 heterocycles. The zero-order valence-electron chi connectivity index (χ0n) is 19.1. The number of unbranched alkanes of at least 4 members (excludes halogenated alkanes) is 9. The maximum absolute atomic E-state index is 3.29. The lowest BCUT2D eigenvalue weighted by molar-refractivity contribution is -0.730. The fourth-order valence-electron chi connectivity index (χ4n) is 4.63. The van der Waals surface area contributed by atoms with Crippen LogP contribution in [0.25, 0.3) is 0 Å². The Morgan fingerprint density at radius 2 is 1.38 bits per heavy atom. The Kier molecular flexibility index (Phi) is 12.5. The topological polar surface area (TPSA) is 19.7 Å². The van der Waals surface area contributed by atoms with Crippen molar-refractivity contribution in [3.63, 3.8) is 0 Å². The van der Waals surface area contributed by atoms with E-state index in [1.165, 1.54) is 95.5 Å². The van der Waals surface area contributed by atoms with Crippen molar-refractivity contribution in [1.29, 1.82) is 0 Å². The highest BCUT2D eigenvalue weighted by Gasteiger charge is 2.26. The number of hydrogen-bond acceptors (Lipinski definition) is 0. The minimum atomic E-state index is 0.610. The summed E-state index contributed by atoms with van der Waals surface area (Å²) in [4.78, 5) is 3.29. The summed E-state index contributed by atoms with van der Waals surface area (Å²) in [7, 11) is 0. The fraction of sp³-hybridized carbons (Fsp3) is 0.667. The molecule has 0 amide bonds. The van der Waals surface area contributed by atoms with Crippen LogP contribution in [0.2, 0.25) is 0 Å². The summed E-state index contributed by atoms with van der Waals surface area (Å²) in [5.74, 6) is 0.718. The first kappa shape index (κ1) is 23.7. The maximum Gasteiger partial charge on any atom is 0.241 e. The van der Waals surface area contributed by atoms with E-state index in [0.29, 0.717) is 6.04 Å². The van der Waals surface area contributed by atoms with Crippen molar-refractivity contribution < 1.29 is 4.57 Å². The molecule has 0 fully saturated rings. The highest BCUT2D eigenvalue weighted by Crippen LogP contribution is 2.29. The summed E-state index contributed by atoms with van der Waals surface area (Å²) >= 11 is 0. The van der Waals surface area contributed by atoms with E-state index < -0.39 is 0 Å². The lowest BCUT2D eigenvalue weighted by Gasteiger charge is -2.25. The van der Waals surface area contributed by atoms with E-state index in [4.69, 9.17) is 0 Å². The van der Waals surface area contributed by atoms with Crippen LogP contribution in [-0.4, -0.2) is 4.98 Å². The first-order valence-corrected chi connectivity index (χ1v) is 12.4. The summed E-state index contributed by atoms with van der Waals surface area (Å²) in [6.07, 6.45) is 25.5. The van der Waals surface area contributed by atoms with Crippen LogP contribution < -0.4 is 4.57 Å². The van der Waals surface area contributed by atoms with Crippen LogP contribution in [0, 0.1) is 5.92 Å². The Hall–Kier alpha value is -1.57. The van der Waals surface area contributed by atoms with E-state index in [9.17, 15) is 0 Å². The molecule has 2 heteroatoms. The number of aromatic nitrogens is 2. The molecule has 0 bridgehead atoms. The van der Waals surface area contributed by atoms with Crippen molar-refractivity contribution in [2.45, 2.75) is 110 Å². The third-order valence-corrected chi connectivity index (χ3v) is 6.37. The van der Waals surface area contributed by atoms with Crippen LogP contribution in [0.5, 0.6) is 0 Å². The summed E-state index contributed by atoms with van der Waals surface area (Å²) in [5, 5.41) is 0. The predicted molar refractivity (Wildman–Crippen MR) is 125 cm³/mol. The number of rotatable bonds is 17. The summed E-state index contributed by atoms with van der Waals surface area (Å²) in [5.41, 5.74) is 1.50. The number of benzene rings is 1. The van der Waals surface area contributed by atoms with Crippen molar-refractivity contribution >= 4 is 0 Å². The van der Waals surface area contributed by atoms with Gasteiger partial charge in [0.2, 0.25) is 6.33 Å². The molecule has 2 aromatic rings. The van der Waals surface area contributed by atoms with Gasteiger partial charge in [0.15, 0.2) is 0 Å². The molecule has 2 atom stereocenters. The van der Waals surface area contributed by atoms with Crippen LogP contribution in [0.15, 0.2) is 49.1 Å². The molecular weight excluding hydrogens is 352 g/mol. The molecule has 2 rings (SSSR count). The first-order chi connectivity index (χ1) is 14.3. The SMILES string of the molecule is CCCCCCCCCC(Cc1ccccc1)C(CCCCCC)[n+]1cc[nH]c1. The number of imidazole rings is 1. The molecule has 2 nitrogen and oxygen atoms in total. The normalized spacial score (nSPS) is 13.4. The molecule has 0 spiro atoms. The molecule has 0 saturated carbocycles. The van der Waals surface area contributed by atoms with Gasteiger partial charge in [-0.2, -0.15) is 0 Å². The summed E-state index contributed by atoms with van der Waals surface area (Å²) in [6.45, 7) is 4.60. The van der Waals surface area contributed by atoms with Crippen molar-refractivity contribution in [2.75, 3.05) is 0 Å². The van der Waals surface area contributed by atoms with Crippen LogP contribution in [-0.2, 0) is 6.42 Å². The standard InChI is InChI=1S/C27H44N2/c1-3-5-7-9-10-11-15-19-26(23-25-17-13-12-14-18-25)27(20-16-8-6-4-2)29-22-21-28-24-29/h12-14,17-18,21-22,24,26-27H,3-11,15-16,19-20,23H2,1-2H3/p+1. The van der Waals surface area contributed by atoms with E-state index in [-0.39, 0.29) is 0 Å². The predicted octanol–water partition coefficient (Wildman–Crippen LogP) is 7.81. The van der Waals surface area contributed by atoms with E-state index in [1.807, 2.05) is 0 Å². The summed E-state index contributed by atoms with van der Waals surface area (Å²) < 4.78 is 2.46. The van der Waals surface area contributed by atoms with Gasteiger partial charge in [0.25, 0.3) is 0 Å². The maximum atomic E-state index is 3.29. The van der Waals surface area contributed by atoms with E-state index >= 15 is 0 Å². The second kappa shape index (κ2) is 15.3. The third-order valence-electron chi connectivity index (χ3n) is 6.37. The average molecular weight is 398 g/mol. The fourth-order valence-corrected chi connectivity index (χ4v) is 4.63. The molecule has 0 radical (unpaired) electrons. The Bertz CT molecular complexity index is 590. The van der Waals surface area contributed by atoms with Crippen molar-refractivity contribution in [2.24, 2.45) is 5.92 Å². The van der Waals surface area contributed by atoms with Crippen molar-refractivity contribution in [3.05, 3.63) is 54.6 Å². The number of aromatic amines is 1. The van der Waals surface area contributed by atoms with Gasteiger partial charge >= 0.3 is 0 Å². The Morgan fingerprint density at radius 1 is 0.759 bits per heavy atom. The van der Waals surface area contributed by atoms with Gasteiger partial charge < -0.3 is 0 Å². The van der Waals surface area contributed by atoms with Crippen LogP contribution in [0.3, 0.4) is 0 Å². The van der Waals surface area contributed by atoms with Gasteiger partial charge in [0.05, 0.1) is 0 Å². The second-order valence-electron chi connectivity index (χ2n) is 8.84. The van der Waals surface area contributed by atoms with Crippen molar-refractivity contribution in [3.8, 4) is 0 Å². The highest BCUT2D eigenvalue weighted by atomic mass is 15.1. The quantitative estimate of drug-likeness (QED) is 0.207. The molecule has 162 valence electrons. The number of hydrogen-bond donors (Lipinski definition) is 1. The molecule has 0 saturated heterocycles. The van der Waals surface area contributed by atoms with Gasteiger partial charge in [-0.3, -0.25) is 4.98 Å². The molecule has 0 aliphatic carbocycles. The van der Waals surface area contributed by atoms with Gasteiger partial charge in [0, 0.05) is 5.92 Å². The number of nitrogens with zero attached hydrogens (tertiary/aromatic N) is 1. The van der Waals surface area contributed by atoms with E-state index in [1.54, 1.807) is 0 Å². The highest BCUT2D eigenvalue weighted by molar-refractivity contribution is 5.15. The van der Waals surface area contributed by atoms with Crippen LogP contribution in [0.4, 0.5) is 0 Å². The molecule has 2 unspecified atom stereocenters. The zero-order valence-corrected chi connectivity index (χ0v) is 19.1. The number of H-pyrrole nitrogens is 1. The van der Waals surface area contributed by atoms with Gasteiger partial charge in [0.1, 0.15) is 18.4 Å². The van der Waals surface area contributed by atoms with Gasteiger partial charge in [-0.1, -0.05) is 108 Å². The summed E-state index contributed by atoms with van der Waals surface area (Å²) in [6, 6.07) is 11.8. The Balaban J connectivity index is 1.97. The van der Waals surface area contributed by atoms with Crippen molar-refractivity contribution in [1.82, 2.24) is 4.98 Å². The molecule has 1 aromatic carbocycles. The van der Waals surface area contributed by atoms with E-state index in [2.05, 4.69) is 72.5 Å². The lowest BCUT2D eigenvalue weighted by Crippen LogP contribution is -2.42. The average Bonchev–Trinajstić information content (AvgIpc) is 3.28. The largest absolute Gasteiger partial charge is 0.250 e. The Labute approximate surface area is 180 Å². The zero-order chi connectivity index (χ0) is 20.6. The second-order valence-corrected chi connectivity index (χ2v) is 8.84. The smallest absolute Gasteiger partial charge is 0.241 e. The van der Waals surface area contributed by atoms with Crippen LogP contribution >= 0.6 is 0 Å². The first-order valence-electron chi connectivity index (χ1n) is 12.4. The minimum Gasteiger partial charge on any atom is -0.250 e. The Morgan fingerprint density at radius 3 is 2.03 bits per heavy atom. The molecule has 1 N–H and O–H groups in total. The monoisotopic (exact) mass is 397 g/mol. The molecule has 29 heavy (non-hydrogen) atoms. The molecule has 1 aromatic heterocycles. The number of nitrogens with one attached hydrogen (secondary N) is 1. The lowest BCUT2D eigenvalue weighted by atomic mass is 9.84. The minimum absolute atomic E-state index is 0.610. The third kappa shape index (κ3) is 9.65. The van der Waals surface area contributed by atoms with Gasteiger partial charge in [-0.05, 0) is 31.2 Å². The van der Waals surface area contributed by atoms with Gasteiger partial charge in [-0.15, -0.1) is 0 Å².